The lowest BCUT2D eigenvalue weighted by Crippen LogP contribution is -2.43. The zero-order valence-corrected chi connectivity index (χ0v) is 18.4. The molecule has 1 saturated carbocycles. The Morgan fingerprint density at radius 2 is 1.59 bits per heavy atom. The molecule has 1 aromatic rings. The highest BCUT2D eigenvalue weighted by Gasteiger charge is 2.34. The summed E-state index contributed by atoms with van der Waals surface area (Å²) in [6, 6.07) is 7.87. The molecular weight excluding hydrogens is 386 g/mol. The Kier molecular flexibility index (Phi) is 7.14. The van der Waals surface area contributed by atoms with E-state index in [0.717, 1.165) is 24.8 Å². The Hall–Kier alpha value is -1.69. The van der Waals surface area contributed by atoms with Crippen molar-refractivity contribution in [3.05, 3.63) is 35.4 Å². The minimum atomic E-state index is -3.35. The monoisotopic (exact) mass is 419 g/mol. The lowest BCUT2D eigenvalue weighted by molar-refractivity contribution is -0.129. The average Bonchev–Trinajstić information content (AvgIpc) is 3.23. The van der Waals surface area contributed by atoms with Gasteiger partial charge in [-0.05, 0) is 43.6 Å². The highest BCUT2D eigenvalue weighted by Crippen LogP contribution is 2.26. The predicted molar refractivity (Wildman–Crippen MR) is 115 cm³/mol. The summed E-state index contributed by atoms with van der Waals surface area (Å²) in [5.74, 6) is -0.0712. The second kappa shape index (κ2) is 9.41. The predicted octanol–water partition coefficient (Wildman–Crippen LogP) is 3.66. The SMILES string of the molecule is CC(C)Cc1ccc(C(=O)C2CCN(C(=O)CS(=O)(=O)C3CCCC3)CC2)cc1. The van der Waals surface area contributed by atoms with Crippen molar-refractivity contribution in [3.63, 3.8) is 0 Å². The Balaban J connectivity index is 1.51. The number of hydrogen-bond donors (Lipinski definition) is 0. The van der Waals surface area contributed by atoms with Crippen LogP contribution >= 0.6 is 0 Å². The number of rotatable bonds is 7. The first-order valence-electron chi connectivity index (χ1n) is 10.9. The van der Waals surface area contributed by atoms with E-state index in [9.17, 15) is 18.0 Å². The summed E-state index contributed by atoms with van der Waals surface area (Å²) in [5.41, 5.74) is 1.96. The Morgan fingerprint density at radius 1 is 1.00 bits per heavy atom. The van der Waals surface area contributed by atoms with Crippen molar-refractivity contribution in [2.75, 3.05) is 18.8 Å². The third-order valence-corrected chi connectivity index (χ3v) is 8.37. The third kappa shape index (κ3) is 5.68. The van der Waals surface area contributed by atoms with E-state index in [4.69, 9.17) is 0 Å². The van der Waals surface area contributed by atoms with Gasteiger partial charge in [0.1, 0.15) is 5.75 Å². The Bertz CT molecular complexity index is 815. The number of hydrogen-bond acceptors (Lipinski definition) is 4. The highest BCUT2D eigenvalue weighted by atomic mass is 32.2. The molecule has 1 saturated heterocycles. The van der Waals surface area contributed by atoms with E-state index >= 15 is 0 Å². The van der Waals surface area contributed by atoms with Gasteiger partial charge in [0.15, 0.2) is 15.6 Å². The molecule has 0 atom stereocenters. The van der Waals surface area contributed by atoms with Crippen molar-refractivity contribution < 1.29 is 18.0 Å². The van der Waals surface area contributed by atoms with Crippen LogP contribution in [-0.4, -0.2) is 49.1 Å². The van der Waals surface area contributed by atoms with Crippen LogP contribution in [0.3, 0.4) is 0 Å². The van der Waals surface area contributed by atoms with Crippen LogP contribution in [0.25, 0.3) is 0 Å². The van der Waals surface area contributed by atoms with E-state index in [0.29, 0.717) is 44.7 Å². The molecule has 1 amide bonds. The smallest absolute Gasteiger partial charge is 0.237 e. The minimum Gasteiger partial charge on any atom is -0.342 e. The molecule has 0 radical (unpaired) electrons. The first-order chi connectivity index (χ1) is 13.8. The summed E-state index contributed by atoms with van der Waals surface area (Å²) in [4.78, 5) is 26.9. The zero-order valence-electron chi connectivity index (χ0n) is 17.6. The maximum absolute atomic E-state index is 12.8. The number of benzene rings is 1. The number of likely N-dealkylation sites (tertiary alicyclic amines) is 1. The van der Waals surface area contributed by atoms with Crippen molar-refractivity contribution in [1.82, 2.24) is 4.90 Å². The van der Waals surface area contributed by atoms with Crippen molar-refractivity contribution in [3.8, 4) is 0 Å². The standard InChI is InChI=1S/C23H33NO4S/c1-17(2)15-18-7-9-19(10-8-18)23(26)20-11-13-24(14-12-20)22(25)16-29(27,28)21-5-3-4-6-21/h7-10,17,20-21H,3-6,11-16H2,1-2H3. The first-order valence-corrected chi connectivity index (χ1v) is 12.6. The second-order valence-electron chi connectivity index (χ2n) is 9.03. The summed E-state index contributed by atoms with van der Waals surface area (Å²) in [6.45, 7) is 5.27. The lowest BCUT2D eigenvalue weighted by atomic mass is 9.88. The van der Waals surface area contributed by atoms with E-state index < -0.39 is 9.84 Å². The minimum absolute atomic E-state index is 0.0959. The fraction of sp³-hybridized carbons (Fsp3) is 0.652. The molecule has 0 aromatic heterocycles. The summed E-state index contributed by atoms with van der Waals surface area (Å²) in [5, 5.41) is -0.343. The van der Waals surface area contributed by atoms with Gasteiger partial charge in [-0.15, -0.1) is 0 Å². The number of nitrogens with zero attached hydrogens (tertiary/aromatic N) is 1. The normalized spacial score (nSPS) is 19.1. The van der Waals surface area contributed by atoms with E-state index in [1.54, 1.807) is 4.90 Å². The maximum Gasteiger partial charge on any atom is 0.237 e. The van der Waals surface area contributed by atoms with Gasteiger partial charge in [0.05, 0.1) is 5.25 Å². The van der Waals surface area contributed by atoms with Crippen LogP contribution in [0.1, 0.15) is 68.3 Å². The van der Waals surface area contributed by atoms with Crippen LogP contribution in [0.2, 0.25) is 0 Å². The molecule has 0 spiro atoms. The van der Waals surface area contributed by atoms with Crippen molar-refractivity contribution in [1.29, 1.82) is 0 Å². The van der Waals surface area contributed by atoms with Crippen LogP contribution < -0.4 is 0 Å². The molecule has 6 heteroatoms. The summed E-state index contributed by atoms with van der Waals surface area (Å²) < 4.78 is 24.9. The van der Waals surface area contributed by atoms with Crippen LogP contribution in [0, 0.1) is 11.8 Å². The van der Waals surface area contributed by atoms with Crippen LogP contribution in [0.4, 0.5) is 0 Å². The highest BCUT2D eigenvalue weighted by molar-refractivity contribution is 7.92. The van der Waals surface area contributed by atoms with Crippen LogP contribution in [-0.2, 0) is 21.1 Å². The number of amides is 1. The maximum atomic E-state index is 12.8. The molecule has 5 nitrogen and oxygen atoms in total. The van der Waals surface area contributed by atoms with Crippen molar-refractivity contribution >= 4 is 21.5 Å². The van der Waals surface area contributed by atoms with E-state index in [2.05, 4.69) is 13.8 Å². The number of ketones is 1. The largest absolute Gasteiger partial charge is 0.342 e. The number of carbonyl (C=O) groups is 2. The number of sulfone groups is 1. The van der Waals surface area contributed by atoms with E-state index in [-0.39, 0.29) is 28.6 Å². The summed E-state index contributed by atoms with van der Waals surface area (Å²) >= 11 is 0. The van der Waals surface area contributed by atoms with Gasteiger partial charge in [-0.2, -0.15) is 0 Å². The molecule has 160 valence electrons. The summed E-state index contributed by atoms with van der Waals surface area (Å²) in [7, 11) is -3.35. The van der Waals surface area contributed by atoms with Gasteiger partial charge < -0.3 is 4.90 Å². The van der Waals surface area contributed by atoms with Gasteiger partial charge >= 0.3 is 0 Å². The molecule has 0 N–H and O–H groups in total. The molecular formula is C23H33NO4S. The fourth-order valence-corrected chi connectivity index (χ4v) is 6.35. The molecule has 0 unspecified atom stereocenters. The second-order valence-corrected chi connectivity index (χ2v) is 11.3. The third-order valence-electron chi connectivity index (χ3n) is 6.24. The molecule has 2 fully saturated rings. The van der Waals surface area contributed by atoms with Crippen molar-refractivity contribution in [2.45, 2.75) is 64.0 Å². The van der Waals surface area contributed by atoms with Gasteiger partial charge in [-0.3, -0.25) is 9.59 Å². The van der Waals surface area contributed by atoms with Gasteiger partial charge in [-0.25, -0.2) is 8.42 Å². The zero-order chi connectivity index (χ0) is 21.0. The van der Waals surface area contributed by atoms with Crippen molar-refractivity contribution in [2.24, 2.45) is 11.8 Å². The molecule has 0 bridgehead atoms. The molecule has 1 aliphatic carbocycles. The first kappa shape index (κ1) is 22.0. The molecule has 3 rings (SSSR count). The average molecular weight is 420 g/mol. The Labute approximate surface area is 174 Å². The van der Waals surface area contributed by atoms with E-state index in [1.807, 2.05) is 24.3 Å². The molecule has 1 aromatic carbocycles. The fourth-order valence-electron chi connectivity index (χ4n) is 4.53. The van der Waals surface area contributed by atoms with E-state index in [1.165, 1.54) is 5.56 Å². The summed E-state index contributed by atoms with van der Waals surface area (Å²) in [6.07, 6.45) is 5.43. The van der Waals surface area contributed by atoms with Gasteiger partial charge in [0.2, 0.25) is 5.91 Å². The lowest BCUT2D eigenvalue weighted by Gasteiger charge is -2.31. The quantitative estimate of drug-likeness (QED) is 0.632. The van der Waals surface area contributed by atoms with Crippen LogP contribution in [0.5, 0.6) is 0 Å². The molecule has 29 heavy (non-hydrogen) atoms. The number of piperidine rings is 1. The molecule has 2 aliphatic rings. The number of Topliss-reactive ketones (excluding diaryl/α,β-unsaturated/α-hetero) is 1. The van der Waals surface area contributed by atoms with Gasteiger partial charge in [0, 0.05) is 24.6 Å². The number of carbonyl (C=O) groups excluding carboxylic acids is 2. The van der Waals surface area contributed by atoms with Gasteiger partial charge in [0.25, 0.3) is 0 Å². The topological polar surface area (TPSA) is 71.5 Å². The molecule has 1 heterocycles. The molecule has 1 aliphatic heterocycles. The van der Waals surface area contributed by atoms with Crippen LogP contribution in [0.15, 0.2) is 24.3 Å². The Morgan fingerprint density at radius 3 is 2.14 bits per heavy atom. The van der Waals surface area contributed by atoms with Gasteiger partial charge in [-0.1, -0.05) is 51.0 Å².